The molecule has 2 rings (SSSR count). The Morgan fingerprint density at radius 1 is 1.24 bits per heavy atom. The van der Waals surface area contributed by atoms with Crippen LogP contribution >= 0.6 is 0 Å². The summed E-state index contributed by atoms with van der Waals surface area (Å²) in [5.74, 6) is 0. The Morgan fingerprint density at radius 3 is 2.65 bits per heavy atom. The lowest BCUT2D eigenvalue weighted by molar-refractivity contribution is -0.136. The summed E-state index contributed by atoms with van der Waals surface area (Å²) in [5.41, 5.74) is 1.11. The van der Waals surface area contributed by atoms with Gasteiger partial charge in [-0.3, -0.25) is 0 Å². The molecule has 0 bridgehead atoms. The average Bonchev–Trinajstić information content (AvgIpc) is 2.67. The van der Waals surface area contributed by atoms with Crippen LogP contribution in [-0.4, -0.2) is 10.7 Å². The van der Waals surface area contributed by atoms with E-state index in [1.54, 1.807) is 30.5 Å². The first-order chi connectivity index (χ1) is 7.99. The summed E-state index contributed by atoms with van der Waals surface area (Å²) in [7, 11) is 0. The lowest BCUT2D eigenvalue weighted by Gasteiger charge is -2.08. The molecule has 1 aromatic carbocycles. The molecule has 0 atom stereocenters. The van der Waals surface area contributed by atoms with Gasteiger partial charge >= 0.3 is 6.18 Å². The van der Waals surface area contributed by atoms with Gasteiger partial charge in [-0.05, 0) is 23.6 Å². The maximum atomic E-state index is 12.1. The first-order valence-corrected chi connectivity index (χ1v) is 5.05. The molecule has 88 valence electrons. The standard InChI is InChI=1S/C12H9F3N2/c13-12(14,15)4-6-17-5-3-10-2-1-9(8-16)7-11(10)17/h1-3,5,7H,4,6H2. The topological polar surface area (TPSA) is 28.7 Å². The lowest BCUT2D eigenvalue weighted by atomic mass is 10.2. The van der Waals surface area contributed by atoms with Crippen molar-refractivity contribution in [1.82, 2.24) is 4.57 Å². The Labute approximate surface area is 95.9 Å². The summed E-state index contributed by atoms with van der Waals surface area (Å²) in [4.78, 5) is 0. The molecule has 0 fully saturated rings. The van der Waals surface area contributed by atoms with E-state index in [0.29, 0.717) is 11.1 Å². The molecule has 0 aliphatic carbocycles. The monoisotopic (exact) mass is 238 g/mol. The molecule has 5 heteroatoms. The second-order valence-electron chi connectivity index (χ2n) is 3.76. The largest absolute Gasteiger partial charge is 0.390 e. The van der Waals surface area contributed by atoms with E-state index >= 15 is 0 Å². The third kappa shape index (κ3) is 2.59. The first-order valence-electron chi connectivity index (χ1n) is 5.05. The van der Waals surface area contributed by atoms with Gasteiger partial charge in [0.25, 0.3) is 0 Å². The Morgan fingerprint density at radius 2 is 2.00 bits per heavy atom. The fourth-order valence-electron chi connectivity index (χ4n) is 1.70. The number of hydrogen-bond donors (Lipinski definition) is 0. The molecule has 0 saturated heterocycles. The molecule has 2 nitrogen and oxygen atoms in total. The van der Waals surface area contributed by atoms with E-state index in [0.717, 1.165) is 5.39 Å². The molecule has 1 heterocycles. The Balaban J connectivity index is 2.32. The summed E-state index contributed by atoms with van der Waals surface area (Å²) >= 11 is 0. The summed E-state index contributed by atoms with van der Waals surface area (Å²) in [6.45, 7) is -0.123. The fourth-order valence-corrected chi connectivity index (χ4v) is 1.70. The molecular formula is C12H9F3N2. The summed E-state index contributed by atoms with van der Waals surface area (Å²) in [6, 6.07) is 8.70. The number of aromatic nitrogens is 1. The van der Waals surface area contributed by atoms with Crippen LogP contribution in [0.2, 0.25) is 0 Å². The summed E-state index contributed by atoms with van der Waals surface area (Å²) in [6.07, 6.45) is -3.42. The van der Waals surface area contributed by atoms with E-state index in [2.05, 4.69) is 0 Å². The molecule has 0 amide bonds. The highest BCUT2D eigenvalue weighted by Gasteiger charge is 2.26. The molecule has 0 unspecified atom stereocenters. The minimum Gasteiger partial charge on any atom is -0.347 e. The number of rotatable bonds is 2. The minimum absolute atomic E-state index is 0.123. The predicted octanol–water partition coefficient (Wildman–Crippen LogP) is 3.47. The molecule has 0 spiro atoms. The van der Waals surface area contributed by atoms with Crippen LogP contribution in [0, 0.1) is 11.3 Å². The Hall–Kier alpha value is -1.96. The number of benzene rings is 1. The first kappa shape index (κ1) is 11.5. The second kappa shape index (κ2) is 4.13. The van der Waals surface area contributed by atoms with Crippen LogP contribution in [0.1, 0.15) is 12.0 Å². The zero-order chi connectivity index (χ0) is 12.5. The molecule has 17 heavy (non-hydrogen) atoms. The maximum Gasteiger partial charge on any atom is 0.390 e. The highest BCUT2D eigenvalue weighted by atomic mass is 19.4. The van der Waals surface area contributed by atoms with Crippen molar-refractivity contribution >= 4 is 10.9 Å². The molecule has 0 aliphatic heterocycles. The van der Waals surface area contributed by atoms with Gasteiger partial charge in [0, 0.05) is 18.3 Å². The molecule has 1 aromatic heterocycles. The zero-order valence-electron chi connectivity index (χ0n) is 8.83. The van der Waals surface area contributed by atoms with E-state index in [-0.39, 0.29) is 6.54 Å². The molecular weight excluding hydrogens is 229 g/mol. The fraction of sp³-hybridized carbons (Fsp3) is 0.250. The second-order valence-corrected chi connectivity index (χ2v) is 3.76. The molecule has 0 radical (unpaired) electrons. The van der Waals surface area contributed by atoms with Crippen LogP contribution in [0.5, 0.6) is 0 Å². The van der Waals surface area contributed by atoms with Crippen molar-refractivity contribution in [2.24, 2.45) is 0 Å². The summed E-state index contributed by atoms with van der Waals surface area (Å²) < 4.78 is 37.9. The maximum absolute atomic E-state index is 12.1. The molecule has 0 aliphatic rings. The number of aryl methyl sites for hydroxylation is 1. The summed E-state index contributed by atoms with van der Waals surface area (Å²) in [5, 5.41) is 9.58. The number of hydrogen-bond acceptors (Lipinski definition) is 1. The van der Waals surface area contributed by atoms with Crippen molar-refractivity contribution in [3.63, 3.8) is 0 Å². The minimum atomic E-state index is -4.16. The van der Waals surface area contributed by atoms with E-state index in [4.69, 9.17) is 5.26 Å². The van der Waals surface area contributed by atoms with Gasteiger partial charge in [0.05, 0.1) is 18.1 Å². The highest BCUT2D eigenvalue weighted by molar-refractivity contribution is 5.81. The van der Waals surface area contributed by atoms with E-state index in [1.807, 2.05) is 6.07 Å². The Bertz CT molecular complexity index is 575. The van der Waals surface area contributed by atoms with Gasteiger partial charge in [-0.15, -0.1) is 0 Å². The van der Waals surface area contributed by atoms with Gasteiger partial charge in [0.1, 0.15) is 0 Å². The van der Waals surface area contributed by atoms with Gasteiger partial charge < -0.3 is 4.57 Å². The number of alkyl halides is 3. The SMILES string of the molecule is N#Cc1ccc2ccn(CCC(F)(F)F)c2c1. The molecule has 0 N–H and O–H groups in total. The van der Waals surface area contributed by atoms with Crippen LogP contribution in [0.4, 0.5) is 13.2 Å². The average molecular weight is 238 g/mol. The van der Waals surface area contributed by atoms with Crippen LogP contribution in [0.3, 0.4) is 0 Å². The smallest absolute Gasteiger partial charge is 0.347 e. The number of halogens is 3. The van der Waals surface area contributed by atoms with Crippen molar-refractivity contribution in [2.75, 3.05) is 0 Å². The highest BCUT2D eigenvalue weighted by Crippen LogP contribution is 2.23. The van der Waals surface area contributed by atoms with Crippen molar-refractivity contribution in [3.8, 4) is 6.07 Å². The van der Waals surface area contributed by atoms with E-state index in [9.17, 15) is 13.2 Å². The quantitative estimate of drug-likeness (QED) is 0.787. The van der Waals surface area contributed by atoms with Crippen LogP contribution in [0.25, 0.3) is 10.9 Å². The number of nitriles is 1. The number of nitrogens with zero attached hydrogens (tertiary/aromatic N) is 2. The predicted molar refractivity (Wildman–Crippen MR) is 57.3 cm³/mol. The van der Waals surface area contributed by atoms with Crippen molar-refractivity contribution in [1.29, 1.82) is 5.26 Å². The van der Waals surface area contributed by atoms with Gasteiger partial charge in [-0.25, -0.2) is 0 Å². The third-order valence-electron chi connectivity index (χ3n) is 2.54. The van der Waals surface area contributed by atoms with Crippen molar-refractivity contribution in [2.45, 2.75) is 19.1 Å². The Kier molecular flexibility index (Phi) is 2.80. The van der Waals surface area contributed by atoms with Gasteiger partial charge in [-0.1, -0.05) is 6.07 Å². The third-order valence-corrected chi connectivity index (χ3v) is 2.54. The van der Waals surface area contributed by atoms with Crippen molar-refractivity contribution < 1.29 is 13.2 Å². The van der Waals surface area contributed by atoms with Gasteiger partial charge in [0.15, 0.2) is 0 Å². The normalized spacial score (nSPS) is 11.6. The van der Waals surface area contributed by atoms with Crippen LogP contribution in [0.15, 0.2) is 30.5 Å². The van der Waals surface area contributed by atoms with Gasteiger partial charge in [0.2, 0.25) is 0 Å². The van der Waals surface area contributed by atoms with E-state index in [1.165, 1.54) is 4.57 Å². The van der Waals surface area contributed by atoms with Crippen LogP contribution in [-0.2, 0) is 6.54 Å². The van der Waals surface area contributed by atoms with Crippen molar-refractivity contribution in [3.05, 3.63) is 36.0 Å². The van der Waals surface area contributed by atoms with E-state index < -0.39 is 12.6 Å². The zero-order valence-corrected chi connectivity index (χ0v) is 8.83. The number of fused-ring (bicyclic) bond motifs is 1. The lowest BCUT2D eigenvalue weighted by Crippen LogP contribution is -2.11. The molecule has 2 aromatic rings. The van der Waals surface area contributed by atoms with Crippen LogP contribution < -0.4 is 0 Å². The van der Waals surface area contributed by atoms with Gasteiger partial charge in [-0.2, -0.15) is 18.4 Å². The molecule has 0 saturated carbocycles.